The lowest BCUT2D eigenvalue weighted by Gasteiger charge is -2.33. The number of amides is 1. The number of hydrogen-bond donors (Lipinski definition) is 1. The summed E-state index contributed by atoms with van der Waals surface area (Å²) in [5, 5.41) is 13.0. The lowest BCUT2D eigenvalue weighted by Crippen LogP contribution is -2.26. The molecule has 2 aromatic rings. The quantitative estimate of drug-likeness (QED) is 0.875. The molecule has 120 valence electrons. The summed E-state index contributed by atoms with van der Waals surface area (Å²) in [6, 6.07) is 5.56. The number of carbonyl (C=O) groups is 1. The van der Waals surface area contributed by atoms with Crippen molar-refractivity contribution in [3.05, 3.63) is 40.2 Å². The van der Waals surface area contributed by atoms with Crippen LogP contribution in [0.3, 0.4) is 0 Å². The fourth-order valence-electron chi connectivity index (χ4n) is 3.10. The maximum atomic E-state index is 12.2. The molecule has 1 amide bonds. The van der Waals surface area contributed by atoms with Gasteiger partial charge in [-0.1, -0.05) is 20.8 Å². The zero-order chi connectivity index (χ0) is 16.6. The first-order valence-electron chi connectivity index (χ1n) is 7.79. The Morgan fingerprint density at radius 2 is 2.26 bits per heavy atom. The van der Waals surface area contributed by atoms with Crippen molar-refractivity contribution in [1.29, 1.82) is 5.26 Å². The van der Waals surface area contributed by atoms with Gasteiger partial charge in [-0.25, -0.2) is 0 Å². The molecule has 2 aromatic heterocycles. The standard InChI is InChI=1S/C18H20N2O2S/c1-18(2,3)11-6-7-12-13(10-19)17(23-15(12)9-11)20-16(21)14-5-4-8-22-14/h4-5,8,11H,6-7,9H2,1-3H3,(H,20,21)/t11-/m1/s1. The third kappa shape index (κ3) is 3.04. The zero-order valence-electron chi connectivity index (χ0n) is 13.6. The second-order valence-corrected chi connectivity index (χ2v) is 8.16. The molecule has 0 unspecified atom stereocenters. The van der Waals surface area contributed by atoms with Crippen molar-refractivity contribution in [3.63, 3.8) is 0 Å². The third-order valence-electron chi connectivity index (χ3n) is 4.57. The van der Waals surface area contributed by atoms with Crippen molar-refractivity contribution in [2.24, 2.45) is 11.3 Å². The average molecular weight is 328 g/mol. The van der Waals surface area contributed by atoms with Gasteiger partial charge in [0, 0.05) is 4.88 Å². The van der Waals surface area contributed by atoms with Gasteiger partial charge >= 0.3 is 0 Å². The summed E-state index contributed by atoms with van der Waals surface area (Å²) < 4.78 is 5.11. The van der Waals surface area contributed by atoms with E-state index >= 15 is 0 Å². The van der Waals surface area contributed by atoms with Crippen LogP contribution in [0.15, 0.2) is 22.8 Å². The van der Waals surface area contributed by atoms with E-state index in [0.29, 0.717) is 16.5 Å². The SMILES string of the molecule is CC(C)(C)[C@@H]1CCc2c(sc(NC(=O)c3ccco3)c2C#N)C1. The molecule has 0 saturated heterocycles. The fourth-order valence-corrected chi connectivity index (χ4v) is 4.38. The second-order valence-electron chi connectivity index (χ2n) is 7.06. The summed E-state index contributed by atoms with van der Waals surface area (Å²) >= 11 is 1.54. The van der Waals surface area contributed by atoms with Crippen molar-refractivity contribution < 1.29 is 9.21 Å². The van der Waals surface area contributed by atoms with Gasteiger partial charge in [-0.3, -0.25) is 4.79 Å². The van der Waals surface area contributed by atoms with Gasteiger partial charge in [-0.15, -0.1) is 11.3 Å². The summed E-state index contributed by atoms with van der Waals surface area (Å²) in [4.78, 5) is 13.4. The minimum Gasteiger partial charge on any atom is -0.459 e. The monoisotopic (exact) mass is 328 g/mol. The summed E-state index contributed by atoms with van der Waals surface area (Å²) in [7, 11) is 0. The van der Waals surface area contributed by atoms with Crippen LogP contribution in [0, 0.1) is 22.7 Å². The molecule has 1 atom stereocenters. The molecule has 5 heteroatoms. The molecule has 0 fully saturated rings. The Hall–Kier alpha value is -2.06. The van der Waals surface area contributed by atoms with Crippen LogP contribution in [0.2, 0.25) is 0 Å². The maximum Gasteiger partial charge on any atom is 0.291 e. The number of nitriles is 1. The number of anilines is 1. The number of rotatable bonds is 2. The molecule has 0 bridgehead atoms. The highest BCUT2D eigenvalue weighted by atomic mass is 32.1. The van der Waals surface area contributed by atoms with E-state index < -0.39 is 0 Å². The zero-order valence-corrected chi connectivity index (χ0v) is 14.4. The molecule has 23 heavy (non-hydrogen) atoms. The minimum atomic E-state index is -0.308. The van der Waals surface area contributed by atoms with E-state index in [2.05, 4.69) is 32.2 Å². The van der Waals surface area contributed by atoms with E-state index in [1.807, 2.05) is 0 Å². The Balaban J connectivity index is 1.88. The summed E-state index contributed by atoms with van der Waals surface area (Å²) in [6.07, 6.45) is 4.45. The fraction of sp³-hybridized carbons (Fsp3) is 0.444. The molecule has 0 aromatic carbocycles. The number of nitrogens with one attached hydrogen (secondary N) is 1. The van der Waals surface area contributed by atoms with Crippen LogP contribution in [-0.2, 0) is 12.8 Å². The molecule has 0 saturated carbocycles. The van der Waals surface area contributed by atoms with Crippen molar-refractivity contribution >= 4 is 22.2 Å². The molecule has 4 nitrogen and oxygen atoms in total. The Labute approximate surface area is 140 Å². The maximum absolute atomic E-state index is 12.2. The Morgan fingerprint density at radius 3 is 2.87 bits per heavy atom. The summed E-state index contributed by atoms with van der Waals surface area (Å²) in [6.45, 7) is 6.79. The van der Waals surface area contributed by atoms with Crippen LogP contribution in [0.4, 0.5) is 5.00 Å². The Morgan fingerprint density at radius 1 is 1.48 bits per heavy atom. The van der Waals surface area contributed by atoms with E-state index in [-0.39, 0.29) is 17.1 Å². The predicted molar refractivity (Wildman–Crippen MR) is 90.7 cm³/mol. The van der Waals surface area contributed by atoms with Gasteiger partial charge < -0.3 is 9.73 Å². The van der Waals surface area contributed by atoms with Crippen molar-refractivity contribution in [2.45, 2.75) is 40.0 Å². The van der Waals surface area contributed by atoms with Crippen LogP contribution in [0.5, 0.6) is 0 Å². The molecular formula is C18H20N2O2S. The topological polar surface area (TPSA) is 66.0 Å². The summed E-state index contributed by atoms with van der Waals surface area (Å²) in [5.74, 6) is 0.555. The van der Waals surface area contributed by atoms with Crippen molar-refractivity contribution in [3.8, 4) is 6.07 Å². The predicted octanol–water partition coefficient (Wildman–Crippen LogP) is 4.62. The van der Waals surface area contributed by atoms with E-state index in [1.165, 1.54) is 22.5 Å². The molecular weight excluding hydrogens is 308 g/mol. The largest absolute Gasteiger partial charge is 0.459 e. The smallest absolute Gasteiger partial charge is 0.291 e. The minimum absolute atomic E-state index is 0.256. The van der Waals surface area contributed by atoms with Gasteiger partial charge in [0.25, 0.3) is 5.91 Å². The molecule has 1 aliphatic rings. The van der Waals surface area contributed by atoms with Crippen LogP contribution in [0.1, 0.15) is 53.8 Å². The highest BCUT2D eigenvalue weighted by Crippen LogP contribution is 2.44. The molecule has 1 N–H and O–H groups in total. The van der Waals surface area contributed by atoms with Crippen molar-refractivity contribution in [1.82, 2.24) is 0 Å². The van der Waals surface area contributed by atoms with Crippen LogP contribution >= 0.6 is 11.3 Å². The first kappa shape index (κ1) is 15.8. The number of thiophene rings is 1. The number of fused-ring (bicyclic) bond motifs is 1. The third-order valence-corrected chi connectivity index (χ3v) is 5.74. The van der Waals surface area contributed by atoms with Gasteiger partial charge in [-0.05, 0) is 48.3 Å². The first-order chi connectivity index (χ1) is 10.9. The Bertz CT molecular complexity index is 760. The molecule has 0 aliphatic heterocycles. The van der Waals surface area contributed by atoms with Gasteiger partial charge in [0.15, 0.2) is 5.76 Å². The number of furan rings is 1. The van der Waals surface area contributed by atoms with Gasteiger partial charge in [0.1, 0.15) is 11.1 Å². The van der Waals surface area contributed by atoms with Gasteiger partial charge in [0.2, 0.25) is 0 Å². The molecule has 0 radical (unpaired) electrons. The van der Waals surface area contributed by atoms with E-state index in [4.69, 9.17) is 4.42 Å². The van der Waals surface area contributed by atoms with Gasteiger partial charge in [0.05, 0.1) is 11.8 Å². The highest BCUT2D eigenvalue weighted by Gasteiger charge is 2.32. The van der Waals surface area contributed by atoms with Crippen LogP contribution in [-0.4, -0.2) is 5.91 Å². The van der Waals surface area contributed by atoms with E-state index in [1.54, 1.807) is 12.1 Å². The Kier molecular flexibility index (Phi) is 4.03. The number of nitrogens with zero attached hydrogens (tertiary/aromatic N) is 1. The van der Waals surface area contributed by atoms with E-state index in [0.717, 1.165) is 24.8 Å². The first-order valence-corrected chi connectivity index (χ1v) is 8.61. The van der Waals surface area contributed by atoms with E-state index in [9.17, 15) is 10.1 Å². The molecule has 1 aliphatic carbocycles. The average Bonchev–Trinajstić information content (AvgIpc) is 3.12. The van der Waals surface area contributed by atoms with Crippen LogP contribution in [0.25, 0.3) is 0 Å². The number of carbonyl (C=O) groups excluding carboxylic acids is 1. The lowest BCUT2D eigenvalue weighted by molar-refractivity contribution is 0.0997. The number of hydrogen-bond acceptors (Lipinski definition) is 4. The van der Waals surface area contributed by atoms with Crippen molar-refractivity contribution in [2.75, 3.05) is 5.32 Å². The normalized spacial score (nSPS) is 17.4. The highest BCUT2D eigenvalue weighted by molar-refractivity contribution is 7.16. The molecule has 0 spiro atoms. The van der Waals surface area contributed by atoms with Crippen LogP contribution < -0.4 is 5.32 Å². The lowest BCUT2D eigenvalue weighted by atomic mass is 9.72. The molecule has 3 rings (SSSR count). The second kappa shape index (κ2) is 5.86. The summed E-state index contributed by atoms with van der Waals surface area (Å²) in [5.41, 5.74) is 2.00. The van der Waals surface area contributed by atoms with Gasteiger partial charge in [-0.2, -0.15) is 5.26 Å². The molecule has 2 heterocycles.